The summed E-state index contributed by atoms with van der Waals surface area (Å²) in [5.74, 6) is -0.859. The highest BCUT2D eigenvalue weighted by Crippen LogP contribution is 2.33. The van der Waals surface area contributed by atoms with Crippen LogP contribution in [0.3, 0.4) is 0 Å². The third kappa shape index (κ3) is 8.64. The molecule has 2 N–H and O–H groups in total. The molecule has 4 heterocycles. The molecule has 0 amide bonds. The number of nitrogens with zero attached hydrogens (tertiary/aromatic N) is 4. The smallest absolute Gasteiger partial charge is 0.148 e. The summed E-state index contributed by atoms with van der Waals surface area (Å²) in [4.78, 5) is 16.9. The molecule has 0 bridgehead atoms. The average Bonchev–Trinajstić information content (AvgIpc) is 3.14. The number of pyridine rings is 4. The van der Waals surface area contributed by atoms with E-state index in [4.69, 9.17) is 46.4 Å². The number of aromatic nitrogens is 4. The number of halogens is 6. The van der Waals surface area contributed by atoms with Crippen molar-refractivity contribution in [3.8, 4) is 22.3 Å². The minimum absolute atomic E-state index is 0.103. The van der Waals surface area contributed by atoms with Gasteiger partial charge < -0.3 is 10.6 Å². The van der Waals surface area contributed by atoms with Crippen LogP contribution in [0.4, 0.5) is 20.2 Å². The van der Waals surface area contributed by atoms with Gasteiger partial charge in [0.15, 0.2) is 0 Å². The van der Waals surface area contributed by atoms with Crippen LogP contribution >= 0.6 is 46.4 Å². The molecule has 3 aromatic carbocycles. The fraction of sp³-hybridized carbons (Fsp3) is 0.0526. The Morgan fingerprint density at radius 2 is 1.16 bits per heavy atom. The molecule has 6 nitrogen and oxygen atoms in total. The molecule has 0 unspecified atom stereocenters. The van der Waals surface area contributed by atoms with Gasteiger partial charge in [-0.3, -0.25) is 15.0 Å². The lowest BCUT2D eigenvalue weighted by molar-refractivity contribution is 0.626. The Balaban J connectivity index is 0.000000174. The quantitative estimate of drug-likeness (QED) is 0.151. The zero-order chi connectivity index (χ0) is 35.0. The van der Waals surface area contributed by atoms with Crippen LogP contribution in [0.25, 0.3) is 33.2 Å². The maximum absolute atomic E-state index is 13.6. The van der Waals surface area contributed by atoms with Crippen molar-refractivity contribution in [1.82, 2.24) is 19.9 Å². The molecule has 0 spiro atoms. The summed E-state index contributed by atoms with van der Waals surface area (Å²) in [5.41, 5.74) is 7.77. The maximum Gasteiger partial charge on any atom is 0.148 e. The first-order valence-electron chi connectivity index (χ1n) is 15.2. The van der Waals surface area contributed by atoms with Crippen molar-refractivity contribution in [2.45, 2.75) is 13.1 Å². The summed E-state index contributed by atoms with van der Waals surface area (Å²) in [5, 5.41) is 8.39. The predicted molar refractivity (Wildman–Crippen MR) is 200 cm³/mol. The van der Waals surface area contributed by atoms with Crippen LogP contribution in [0, 0.1) is 11.6 Å². The van der Waals surface area contributed by atoms with Crippen molar-refractivity contribution in [3.63, 3.8) is 0 Å². The van der Waals surface area contributed by atoms with Gasteiger partial charge in [0.1, 0.15) is 16.8 Å². The SMILES string of the molecule is Fc1cc(CNc2cncc(-c3cccc4ncccc34)c2)ccc1Cl.Fc1cc(CNc2cncc(-c3ccnc(Cl)c3Cl)c2)ccc1Cl. The summed E-state index contributed by atoms with van der Waals surface area (Å²) < 4.78 is 27.0. The topological polar surface area (TPSA) is 75.6 Å². The lowest BCUT2D eigenvalue weighted by Crippen LogP contribution is -2.00. The summed E-state index contributed by atoms with van der Waals surface area (Å²) in [7, 11) is 0. The van der Waals surface area contributed by atoms with Gasteiger partial charge in [-0.15, -0.1) is 0 Å². The van der Waals surface area contributed by atoms with Crippen LogP contribution in [0.2, 0.25) is 20.2 Å². The number of anilines is 2. The van der Waals surface area contributed by atoms with Crippen LogP contribution in [0.15, 0.2) is 122 Å². The molecule has 0 saturated carbocycles. The molecule has 0 radical (unpaired) electrons. The molecule has 0 fully saturated rings. The fourth-order valence-corrected chi connectivity index (χ4v) is 5.69. The van der Waals surface area contributed by atoms with Crippen molar-refractivity contribution < 1.29 is 8.78 Å². The van der Waals surface area contributed by atoms with Crippen LogP contribution in [-0.2, 0) is 13.1 Å². The number of hydrogen-bond donors (Lipinski definition) is 2. The summed E-state index contributed by atoms with van der Waals surface area (Å²) in [6.07, 6.45) is 10.3. The van der Waals surface area contributed by atoms with E-state index in [0.717, 1.165) is 55.7 Å². The first kappa shape index (κ1) is 35.0. The van der Waals surface area contributed by atoms with Gasteiger partial charge in [0, 0.05) is 72.3 Å². The van der Waals surface area contributed by atoms with E-state index >= 15 is 0 Å². The monoisotopic (exact) mass is 744 g/mol. The van der Waals surface area contributed by atoms with Crippen molar-refractivity contribution in [2.75, 3.05) is 10.6 Å². The van der Waals surface area contributed by atoms with E-state index in [2.05, 4.69) is 36.6 Å². The first-order chi connectivity index (χ1) is 24.2. The van der Waals surface area contributed by atoms with E-state index < -0.39 is 11.6 Å². The van der Waals surface area contributed by atoms with Crippen molar-refractivity contribution in [2.24, 2.45) is 0 Å². The minimum Gasteiger partial charge on any atom is -0.380 e. The second-order valence-corrected chi connectivity index (χ2v) is 12.5. The van der Waals surface area contributed by atoms with Gasteiger partial charge in [0.2, 0.25) is 0 Å². The Morgan fingerprint density at radius 1 is 0.560 bits per heavy atom. The second kappa shape index (κ2) is 16.2. The van der Waals surface area contributed by atoms with Crippen molar-refractivity contribution >= 4 is 68.7 Å². The standard InChI is InChI=1S/C21H15ClFN3.C17H11Cl3FN3/c22-19-7-6-14(9-20(19)23)11-26-16-10-15(12-24-13-16)17-3-1-5-21-18(17)4-2-8-25-21;18-14-2-1-10(5-15(14)21)7-24-12-6-11(8-22-9-12)13-3-4-23-17(20)16(13)19/h1-10,12-13,26H,11H2;1-6,8-9,24H,7H2. The average molecular weight is 746 g/mol. The highest BCUT2D eigenvalue weighted by molar-refractivity contribution is 6.43. The number of nitrogens with one attached hydrogen (secondary N) is 2. The van der Waals surface area contributed by atoms with Gasteiger partial charge in [-0.1, -0.05) is 76.7 Å². The Labute approximate surface area is 307 Å². The molecule has 250 valence electrons. The third-order valence-electron chi connectivity index (χ3n) is 7.55. The molecule has 7 aromatic rings. The molecule has 0 atom stereocenters. The second-order valence-electron chi connectivity index (χ2n) is 11.0. The Kier molecular flexibility index (Phi) is 11.4. The van der Waals surface area contributed by atoms with E-state index in [1.807, 2.05) is 42.6 Å². The van der Waals surface area contributed by atoms with E-state index in [1.165, 1.54) is 18.2 Å². The third-order valence-corrected chi connectivity index (χ3v) is 8.93. The molecule has 0 saturated heterocycles. The largest absolute Gasteiger partial charge is 0.380 e. The van der Waals surface area contributed by atoms with Gasteiger partial charge >= 0.3 is 0 Å². The molecule has 0 aliphatic heterocycles. The number of rotatable bonds is 8. The molecule has 12 heteroatoms. The summed E-state index contributed by atoms with van der Waals surface area (Å²) in [6.45, 7) is 0.917. The normalized spacial score (nSPS) is 10.8. The number of hydrogen-bond acceptors (Lipinski definition) is 6. The van der Waals surface area contributed by atoms with E-state index in [1.54, 1.807) is 55.2 Å². The molecular formula is C38H26Cl4F2N6. The molecular weight excluding hydrogens is 720 g/mol. The minimum atomic E-state index is -0.443. The number of benzene rings is 3. The van der Waals surface area contributed by atoms with E-state index in [9.17, 15) is 8.78 Å². The lowest BCUT2D eigenvalue weighted by Gasteiger charge is -2.10. The van der Waals surface area contributed by atoms with Gasteiger partial charge in [0.05, 0.1) is 32.0 Å². The zero-order valence-corrected chi connectivity index (χ0v) is 29.0. The number of fused-ring (bicyclic) bond motifs is 1. The highest BCUT2D eigenvalue weighted by Gasteiger charge is 2.10. The highest BCUT2D eigenvalue weighted by atomic mass is 35.5. The van der Waals surface area contributed by atoms with Gasteiger partial charge in [0.25, 0.3) is 0 Å². The van der Waals surface area contributed by atoms with Crippen molar-refractivity contribution in [1.29, 1.82) is 0 Å². The first-order valence-corrected chi connectivity index (χ1v) is 16.7. The fourth-order valence-electron chi connectivity index (χ4n) is 5.07. The van der Waals surface area contributed by atoms with Gasteiger partial charge in [-0.25, -0.2) is 13.8 Å². The Morgan fingerprint density at radius 3 is 1.76 bits per heavy atom. The van der Waals surface area contributed by atoms with E-state index in [-0.39, 0.29) is 15.2 Å². The van der Waals surface area contributed by atoms with Crippen LogP contribution < -0.4 is 10.6 Å². The van der Waals surface area contributed by atoms with Crippen LogP contribution in [0.5, 0.6) is 0 Å². The molecule has 0 aliphatic rings. The Bertz CT molecular complexity index is 2280. The van der Waals surface area contributed by atoms with Gasteiger partial charge in [-0.05, 0) is 71.3 Å². The van der Waals surface area contributed by atoms with Crippen LogP contribution in [-0.4, -0.2) is 19.9 Å². The maximum atomic E-state index is 13.6. The molecule has 7 rings (SSSR count). The summed E-state index contributed by atoms with van der Waals surface area (Å²) in [6, 6.07) is 25.2. The molecule has 4 aromatic heterocycles. The lowest BCUT2D eigenvalue weighted by atomic mass is 10.0. The molecule has 50 heavy (non-hydrogen) atoms. The van der Waals surface area contributed by atoms with Crippen LogP contribution in [0.1, 0.15) is 11.1 Å². The Hall–Kier alpha value is -4.86. The summed E-state index contributed by atoms with van der Waals surface area (Å²) >= 11 is 23.5. The predicted octanol–water partition coefficient (Wildman–Crippen LogP) is 11.6. The molecule has 0 aliphatic carbocycles. The van der Waals surface area contributed by atoms with Gasteiger partial charge in [-0.2, -0.15) is 0 Å². The zero-order valence-electron chi connectivity index (χ0n) is 26.0. The van der Waals surface area contributed by atoms with E-state index in [0.29, 0.717) is 18.1 Å². The van der Waals surface area contributed by atoms with Crippen molar-refractivity contribution in [3.05, 3.63) is 165 Å².